The summed E-state index contributed by atoms with van der Waals surface area (Å²) in [5, 5.41) is 9.23. The van der Waals surface area contributed by atoms with E-state index in [0.29, 0.717) is 0 Å². The molecule has 0 saturated heterocycles. The van der Waals surface area contributed by atoms with E-state index in [1.54, 1.807) is 0 Å². The predicted molar refractivity (Wildman–Crippen MR) is 238 cm³/mol. The Morgan fingerprint density at radius 3 is 1.36 bits per heavy atom. The summed E-state index contributed by atoms with van der Waals surface area (Å²) in [7, 11) is 0. The predicted octanol–water partition coefficient (Wildman–Crippen LogP) is 14.7. The summed E-state index contributed by atoms with van der Waals surface area (Å²) in [5.41, 5.74) is 16.6. The van der Waals surface area contributed by atoms with Crippen LogP contribution >= 0.6 is 0 Å². The number of rotatable bonds is 3. The molecule has 14 rings (SSSR count). The van der Waals surface area contributed by atoms with E-state index >= 15 is 0 Å². The molecule has 1 aliphatic carbocycles. The van der Waals surface area contributed by atoms with Crippen molar-refractivity contribution >= 4 is 82.0 Å². The Morgan fingerprint density at radius 2 is 0.793 bits per heavy atom. The van der Waals surface area contributed by atoms with Crippen LogP contribution in [0.15, 0.2) is 197 Å². The first-order chi connectivity index (χ1) is 28.8. The van der Waals surface area contributed by atoms with Gasteiger partial charge < -0.3 is 13.2 Å². The van der Waals surface area contributed by atoms with Gasteiger partial charge in [0.25, 0.3) is 0 Å². The van der Waals surface area contributed by atoms with E-state index in [4.69, 9.17) is 8.83 Å². The second kappa shape index (κ2) is 10.8. The summed E-state index contributed by atoms with van der Waals surface area (Å²) in [6, 6.07) is 68.8. The van der Waals surface area contributed by atoms with Crippen LogP contribution in [0.25, 0.3) is 104 Å². The molecule has 3 heteroatoms. The first kappa shape index (κ1) is 30.6. The molecule has 3 nitrogen and oxygen atoms in total. The number of benzene rings is 9. The fourth-order valence-corrected chi connectivity index (χ4v) is 10.8. The molecule has 0 amide bonds. The lowest BCUT2D eigenvalue weighted by molar-refractivity contribution is 0.670. The highest BCUT2D eigenvalue weighted by Gasteiger charge is 2.45. The maximum absolute atomic E-state index is 6.77. The zero-order chi connectivity index (χ0) is 37.7. The molecule has 0 bridgehead atoms. The number of aromatic nitrogens is 1. The van der Waals surface area contributed by atoms with E-state index in [0.717, 1.165) is 54.9 Å². The molecule has 0 radical (unpaired) electrons. The van der Waals surface area contributed by atoms with Gasteiger partial charge in [-0.3, -0.25) is 0 Å². The van der Waals surface area contributed by atoms with Crippen molar-refractivity contribution in [1.82, 2.24) is 4.40 Å². The van der Waals surface area contributed by atoms with E-state index in [9.17, 15) is 0 Å². The van der Waals surface area contributed by atoms with E-state index in [-0.39, 0.29) is 0 Å². The summed E-state index contributed by atoms with van der Waals surface area (Å²) in [5.74, 6) is 0. The quantitative estimate of drug-likeness (QED) is 0.181. The molecule has 268 valence electrons. The lowest BCUT2D eigenvalue weighted by Gasteiger charge is -2.34. The molecule has 0 fully saturated rings. The molecule has 9 aromatic carbocycles. The molecule has 13 aromatic rings. The Labute approximate surface area is 331 Å². The van der Waals surface area contributed by atoms with Crippen molar-refractivity contribution < 1.29 is 8.83 Å². The topological polar surface area (TPSA) is 30.7 Å². The molecule has 0 N–H and O–H groups in total. The first-order valence-corrected chi connectivity index (χ1v) is 20.0. The van der Waals surface area contributed by atoms with Gasteiger partial charge in [0, 0.05) is 43.1 Å². The van der Waals surface area contributed by atoms with Crippen LogP contribution in [0, 0.1) is 0 Å². The molecule has 4 aromatic heterocycles. The Balaban J connectivity index is 1.06. The summed E-state index contributed by atoms with van der Waals surface area (Å²) in [6.07, 6.45) is 0. The highest BCUT2D eigenvalue weighted by atomic mass is 16.3. The van der Waals surface area contributed by atoms with Crippen LogP contribution in [0.5, 0.6) is 0 Å². The Bertz CT molecular complexity index is 3640. The summed E-state index contributed by atoms with van der Waals surface area (Å²) in [6.45, 7) is 0. The maximum atomic E-state index is 6.77. The lowest BCUT2D eigenvalue weighted by atomic mass is 9.67. The Hall–Kier alpha value is -7.62. The number of hydrogen-bond donors (Lipinski definition) is 0. The summed E-state index contributed by atoms with van der Waals surface area (Å²) in [4.78, 5) is 0. The van der Waals surface area contributed by atoms with Crippen LogP contribution in [-0.2, 0) is 5.41 Å². The standard InChI is InChI=1S/C55H31NO2/c1-2-12-34(13-3-1)55(46-18-8-4-14-36(46)37-15-5-9-19-47(37)55)35-24-22-32(23-25-35)33-30-44-40-26-28-42-38-16-6-10-20-48(38)57-53(42)51(40)56-50(44)45(31-33)41-27-29-43-39-17-7-11-21-49(39)58-54(43)52(41)56/h1-31H. The molecule has 1 aliphatic rings. The second-order valence-electron chi connectivity index (χ2n) is 15.9. The highest BCUT2D eigenvalue weighted by molar-refractivity contribution is 6.32. The van der Waals surface area contributed by atoms with Gasteiger partial charge in [-0.1, -0.05) is 152 Å². The van der Waals surface area contributed by atoms with Crippen molar-refractivity contribution in [2.75, 3.05) is 0 Å². The largest absolute Gasteiger partial charge is 0.454 e. The molecule has 0 spiro atoms. The average Bonchev–Trinajstić information content (AvgIpc) is 4.09. The van der Waals surface area contributed by atoms with Crippen molar-refractivity contribution in [1.29, 1.82) is 0 Å². The van der Waals surface area contributed by atoms with Crippen LogP contribution in [-0.4, -0.2) is 4.40 Å². The van der Waals surface area contributed by atoms with Gasteiger partial charge in [0.2, 0.25) is 0 Å². The number of nitrogens with zero attached hydrogens (tertiary/aromatic N) is 1. The molecular weight excluding hydrogens is 707 g/mol. The second-order valence-corrected chi connectivity index (χ2v) is 15.9. The SMILES string of the molecule is c1ccc(C2(c3ccc(-c4cc5c6ccc7c8ccccc8oc7c6n6c5c(c4)c4ccc5c7ccccc7oc5c46)cc3)c3ccccc3-c3ccccc32)cc1. The van der Waals surface area contributed by atoms with Gasteiger partial charge in [-0.2, -0.15) is 0 Å². The van der Waals surface area contributed by atoms with Crippen molar-refractivity contribution in [3.8, 4) is 22.3 Å². The molecular formula is C55H31NO2. The normalized spacial score (nSPS) is 13.7. The fourth-order valence-electron chi connectivity index (χ4n) is 10.8. The average molecular weight is 738 g/mol. The minimum Gasteiger partial charge on any atom is -0.454 e. The van der Waals surface area contributed by atoms with Crippen molar-refractivity contribution in [3.63, 3.8) is 0 Å². The highest BCUT2D eigenvalue weighted by Crippen LogP contribution is 2.56. The summed E-state index contributed by atoms with van der Waals surface area (Å²) >= 11 is 0. The fraction of sp³-hybridized carbons (Fsp3) is 0.0182. The third kappa shape index (κ3) is 3.65. The first-order valence-electron chi connectivity index (χ1n) is 20.0. The molecule has 58 heavy (non-hydrogen) atoms. The number of fused-ring (bicyclic) bond motifs is 17. The van der Waals surface area contributed by atoms with Gasteiger partial charge in [-0.05, 0) is 80.9 Å². The van der Waals surface area contributed by atoms with Crippen molar-refractivity contribution in [3.05, 3.63) is 210 Å². The number of para-hydroxylation sites is 2. The van der Waals surface area contributed by atoms with Crippen molar-refractivity contribution in [2.45, 2.75) is 5.41 Å². The van der Waals surface area contributed by atoms with Crippen molar-refractivity contribution in [2.24, 2.45) is 0 Å². The minimum absolute atomic E-state index is 0.437. The van der Waals surface area contributed by atoms with Gasteiger partial charge in [-0.25, -0.2) is 0 Å². The van der Waals surface area contributed by atoms with Gasteiger partial charge in [0.15, 0.2) is 11.2 Å². The zero-order valence-electron chi connectivity index (χ0n) is 31.2. The Morgan fingerprint density at radius 1 is 0.328 bits per heavy atom. The zero-order valence-corrected chi connectivity index (χ0v) is 31.2. The third-order valence-corrected chi connectivity index (χ3v) is 13.2. The molecule has 0 saturated carbocycles. The van der Waals surface area contributed by atoms with Crippen LogP contribution in [0.3, 0.4) is 0 Å². The third-order valence-electron chi connectivity index (χ3n) is 13.2. The summed E-state index contributed by atoms with van der Waals surface area (Å²) < 4.78 is 16.0. The number of hydrogen-bond acceptors (Lipinski definition) is 2. The van der Waals surface area contributed by atoms with Gasteiger partial charge in [0.1, 0.15) is 11.2 Å². The number of furan rings is 2. The van der Waals surface area contributed by atoms with Crippen LogP contribution in [0.1, 0.15) is 22.3 Å². The molecule has 0 atom stereocenters. The minimum atomic E-state index is -0.437. The smallest absolute Gasteiger partial charge is 0.160 e. The lowest BCUT2D eigenvalue weighted by Crippen LogP contribution is -2.28. The van der Waals surface area contributed by atoms with Gasteiger partial charge in [-0.15, -0.1) is 0 Å². The van der Waals surface area contributed by atoms with E-state index in [1.165, 1.54) is 71.6 Å². The van der Waals surface area contributed by atoms with E-state index in [2.05, 4.69) is 180 Å². The monoisotopic (exact) mass is 737 g/mol. The van der Waals surface area contributed by atoms with Crippen LogP contribution < -0.4 is 0 Å². The van der Waals surface area contributed by atoms with Crippen LogP contribution in [0.4, 0.5) is 0 Å². The van der Waals surface area contributed by atoms with E-state index in [1.807, 2.05) is 12.1 Å². The van der Waals surface area contributed by atoms with Gasteiger partial charge >= 0.3 is 0 Å². The molecule has 0 aliphatic heterocycles. The van der Waals surface area contributed by atoms with Crippen LogP contribution in [0.2, 0.25) is 0 Å². The molecule has 0 unspecified atom stereocenters. The Kier molecular flexibility index (Phi) is 5.70. The van der Waals surface area contributed by atoms with Gasteiger partial charge in [0.05, 0.1) is 22.0 Å². The maximum Gasteiger partial charge on any atom is 0.160 e. The van der Waals surface area contributed by atoms with E-state index < -0.39 is 5.41 Å². The molecule has 4 heterocycles.